The van der Waals surface area contributed by atoms with Crippen molar-refractivity contribution in [3.63, 3.8) is 0 Å². The highest BCUT2D eigenvalue weighted by molar-refractivity contribution is 5.89. The van der Waals surface area contributed by atoms with Gasteiger partial charge in [0.25, 0.3) is 0 Å². The minimum Gasteiger partial charge on any atom is -0.478 e. The van der Waals surface area contributed by atoms with Crippen molar-refractivity contribution in [2.75, 3.05) is 0 Å². The number of carbonyl (C=O) groups is 1. The van der Waals surface area contributed by atoms with E-state index in [1.165, 1.54) is 18.5 Å². The third-order valence-electron chi connectivity index (χ3n) is 3.58. The fourth-order valence-corrected chi connectivity index (χ4v) is 2.27. The summed E-state index contributed by atoms with van der Waals surface area (Å²) in [5.41, 5.74) is 2.59. The minimum absolute atomic E-state index is 0.437. The average molecular weight is 221 g/mol. The largest absolute Gasteiger partial charge is 0.478 e. The average Bonchev–Trinajstić information content (AvgIpc) is 3.01. The number of aromatic nitrogens is 1. The molecule has 88 valence electrons. The molecule has 1 aliphatic rings. The molecule has 1 unspecified atom stereocenters. The van der Waals surface area contributed by atoms with Gasteiger partial charge in [0.05, 0.1) is 5.56 Å². The zero-order valence-electron chi connectivity index (χ0n) is 10.2. The van der Waals surface area contributed by atoms with Gasteiger partial charge in [-0.05, 0) is 38.2 Å². The molecule has 1 N–H and O–H groups in total. The Kier molecular flexibility index (Phi) is 2.78. The predicted molar refractivity (Wildman–Crippen MR) is 63.1 cm³/mol. The molecule has 16 heavy (non-hydrogen) atoms. The summed E-state index contributed by atoms with van der Waals surface area (Å²) in [6, 6.07) is 2.42. The lowest BCUT2D eigenvalue weighted by molar-refractivity contribution is 0.0696. The summed E-state index contributed by atoms with van der Waals surface area (Å²) in [5, 5.41) is 9.15. The van der Waals surface area contributed by atoms with Crippen LogP contribution in [0.2, 0.25) is 0 Å². The quantitative estimate of drug-likeness (QED) is 0.847. The summed E-state index contributed by atoms with van der Waals surface area (Å²) < 4.78 is 2.25. The van der Waals surface area contributed by atoms with Crippen molar-refractivity contribution in [3.8, 4) is 0 Å². The zero-order chi connectivity index (χ0) is 11.9. The summed E-state index contributed by atoms with van der Waals surface area (Å²) >= 11 is 0. The van der Waals surface area contributed by atoms with Crippen LogP contribution in [0.3, 0.4) is 0 Å². The van der Waals surface area contributed by atoms with Crippen molar-refractivity contribution < 1.29 is 9.90 Å². The lowest BCUT2D eigenvalue weighted by atomic mass is 10.0. The number of hydrogen-bond donors (Lipinski definition) is 1. The lowest BCUT2D eigenvalue weighted by Crippen LogP contribution is -2.06. The van der Waals surface area contributed by atoms with Gasteiger partial charge < -0.3 is 9.67 Å². The first-order valence-electron chi connectivity index (χ1n) is 6.01. The topological polar surface area (TPSA) is 42.2 Å². The maximum Gasteiger partial charge on any atom is 0.337 e. The zero-order valence-corrected chi connectivity index (χ0v) is 10.2. The highest BCUT2D eigenvalue weighted by Crippen LogP contribution is 2.40. The molecular formula is C13H19NO2. The molecule has 1 fully saturated rings. The van der Waals surface area contributed by atoms with Crippen molar-refractivity contribution >= 4 is 5.97 Å². The van der Waals surface area contributed by atoms with Crippen LogP contribution in [0.4, 0.5) is 0 Å². The molecule has 0 aromatic carbocycles. The van der Waals surface area contributed by atoms with E-state index in [9.17, 15) is 4.79 Å². The Labute approximate surface area is 96.1 Å². The van der Waals surface area contributed by atoms with Crippen LogP contribution in [0.25, 0.3) is 0 Å². The first-order chi connectivity index (χ1) is 7.56. The van der Waals surface area contributed by atoms with E-state index in [-0.39, 0.29) is 0 Å². The van der Waals surface area contributed by atoms with Gasteiger partial charge in [0.1, 0.15) is 0 Å². The van der Waals surface area contributed by atoms with Gasteiger partial charge in [-0.25, -0.2) is 4.79 Å². The molecule has 0 bridgehead atoms. The maximum absolute atomic E-state index is 11.1. The number of nitrogens with zero attached hydrogens (tertiary/aromatic N) is 1. The maximum atomic E-state index is 11.1. The van der Waals surface area contributed by atoms with Gasteiger partial charge in [0.15, 0.2) is 0 Å². The van der Waals surface area contributed by atoms with Crippen molar-refractivity contribution in [1.29, 1.82) is 0 Å². The van der Waals surface area contributed by atoms with Gasteiger partial charge in [-0.3, -0.25) is 0 Å². The molecule has 0 radical (unpaired) electrons. The van der Waals surface area contributed by atoms with Crippen molar-refractivity contribution in [2.45, 2.75) is 52.0 Å². The third-order valence-corrected chi connectivity index (χ3v) is 3.58. The number of rotatable bonds is 4. The molecule has 1 heterocycles. The molecule has 0 spiro atoms. The van der Waals surface area contributed by atoms with Crippen molar-refractivity contribution in [1.82, 2.24) is 4.57 Å². The summed E-state index contributed by atoms with van der Waals surface area (Å²) in [6.07, 6.45) is 3.44. The first-order valence-corrected chi connectivity index (χ1v) is 6.01. The van der Waals surface area contributed by atoms with Crippen LogP contribution in [0.1, 0.15) is 66.8 Å². The first kappa shape index (κ1) is 11.2. The Balaban J connectivity index is 2.49. The SMILES string of the molecule is CCC(C)c1cc(C(=O)O)c(C)n1C1CC1. The second-order valence-electron chi connectivity index (χ2n) is 4.78. The summed E-state index contributed by atoms with van der Waals surface area (Å²) in [5.74, 6) is -0.367. The Morgan fingerprint density at radius 1 is 1.62 bits per heavy atom. The molecule has 1 aromatic rings. The van der Waals surface area contributed by atoms with E-state index in [0.29, 0.717) is 17.5 Å². The van der Waals surface area contributed by atoms with E-state index in [2.05, 4.69) is 18.4 Å². The van der Waals surface area contributed by atoms with Crippen molar-refractivity contribution in [3.05, 3.63) is 23.0 Å². The Bertz CT molecular complexity index is 416. The summed E-state index contributed by atoms with van der Waals surface area (Å²) in [7, 11) is 0. The van der Waals surface area contributed by atoms with Gasteiger partial charge in [-0.1, -0.05) is 13.8 Å². The van der Waals surface area contributed by atoms with Crippen LogP contribution < -0.4 is 0 Å². The molecule has 0 amide bonds. The highest BCUT2D eigenvalue weighted by atomic mass is 16.4. The molecule has 3 heteroatoms. The van der Waals surface area contributed by atoms with Gasteiger partial charge >= 0.3 is 5.97 Å². The minimum atomic E-state index is -0.804. The van der Waals surface area contributed by atoms with Crippen LogP contribution in [0.5, 0.6) is 0 Å². The number of carboxylic acids is 1. The van der Waals surface area contributed by atoms with E-state index >= 15 is 0 Å². The third kappa shape index (κ3) is 1.75. The second-order valence-corrected chi connectivity index (χ2v) is 4.78. The van der Waals surface area contributed by atoms with Gasteiger partial charge in [0.2, 0.25) is 0 Å². The second kappa shape index (κ2) is 3.96. The smallest absolute Gasteiger partial charge is 0.337 e. The Morgan fingerprint density at radius 3 is 2.69 bits per heavy atom. The fraction of sp³-hybridized carbons (Fsp3) is 0.615. The lowest BCUT2D eigenvalue weighted by Gasteiger charge is -2.14. The predicted octanol–water partition coefficient (Wildman–Crippen LogP) is 3.34. The highest BCUT2D eigenvalue weighted by Gasteiger charge is 2.30. The van der Waals surface area contributed by atoms with Gasteiger partial charge in [0, 0.05) is 17.4 Å². The van der Waals surface area contributed by atoms with Crippen LogP contribution in [0, 0.1) is 6.92 Å². The summed E-state index contributed by atoms with van der Waals surface area (Å²) in [4.78, 5) is 11.1. The van der Waals surface area contributed by atoms with Crippen LogP contribution >= 0.6 is 0 Å². The molecular weight excluding hydrogens is 202 g/mol. The van der Waals surface area contributed by atoms with E-state index in [4.69, 9.17) is 5.11 Å². The molecule has 3 nitrogen and oxygen atoms in total. The van der Waals surface area contributed by atoms with Gasteiger partial charge in [-0.15, -0.1) is 0 Å². The molecule has 0 saturated heterocycles. The van der Waals surface area contributed by atoms with Crippen LogP contribution in [0.15, 0.2) is 6.07 Å². The van der Waals surface area contributed by atoms with Crippen LogP contribution in [-0.4, -0.2) is 15.6 Å². The van der Waals surface area contributed by atoms with Crippen molar-refractivity contribution in [2.24, 2.45) is 0 Å². The fourth-order valence-electron chi connectivity index (χ4n) is 2.27. The molecule has 2 rings (SSSR count). The molecule has 1 aromatic heterocycles. The Hall–Kier alpha value is -1.25. The molecule has 1 atom stereocenters. The van der Waals surface area contributed by atoms with E-state index in [1.54, 1.807) is 0 Å². The monoisotopic (exact) mass is 221 g/mol. The number of carboxylic acid groups (broad SMARTS) is 1. The summed E-state index contributed by atoms with van der Waals surface area (Å²) in [6.45, 7) is 6.23. The van der Waals surface area contributed by atoms with E-state index in [1.807, 2.05) is 13.0 Å². The number of aromatic carboxylic acids is 1. The van der Waals surface area contributed by atoms with E-state index < -0.39 is 5.97 Å². The normalized spacial score (nSPS) is 17.4. The Morgan fingerprint density at radius 2 is 2.25 bits per heavy atom. The molecule has 1 saturated carbocycles. The number of hydrogen-bond acceptors (Lipinski definition) is 1. The van der Waals surface area contributed by atoms with Crippen LogP contribution in [-0.2, 0) is 0 Å². The standard InChI is InChI=1S/C13H19NO2/c1-4-8(2)12-7-11(13(15)16)9(3)14(12)10-5-6-10/h7-8,10H,4-6H2,1-3H3,(H,15,16). The van der Waals surface area contributed by atoms with E-state index in [0.717, 1.165) is 12.1 Å². The van der Waals surface area contributed by atoms with Gasteiger partial charge in [-0.2, -0.15) is 0 Å². The molecule has 0 aliphatic heterocycles. The molecule has 1 aliphatic carbocycles.